The van der Waals surface area contributed by atoms with Crippen LogP contribution in [0, 0.1) is 0 Å². The minimum absolute atomic E-state index is 0.0105. The highest BCUT2D eigenvalue weighted by atomic mass is 19.4. The number of benzene rings is 1. The van der Waals surface area contributed by atoms with E-state index >= 15 is 0 Å². The lowest BCUT2D eigenvalue weighted by Gasteiger charge is -2.40. The number of ether oxygens (including phenoxy) is 1. The molecule has 0 radical (unpaired) electrons. The van der Waals surface area contributed by atoms with Gasteiger partial charge >= 0.3 is 6.18 Å². The van der Waals surface area contributed by atoms with Gasteiger partial charge < -0.3 is 15.4 Å². The van der Waals surface area contributed by atoms with Gasteiger partial charge in [0.25, 0.3) is 0 Å². The molecule has 1 aliphatic rings. The number of alkyl halides is 3. The SMILES string of the molecule is CCC1COC(C)CN1c1ccc(CN)c(C(F)(F)F)c1. The van der Waals surface area contributed by atoms with E-state index in [2.05, 4.69) is 0 Å². The van der Waals surface area contributed by atoms with Crippen molar-refractivity contribution in [3.8, 4) is 0 Å². The van der Waals surface area contributed by atoms with Crippen molar-refractivity contribution in [1.29, 1.82) is 0 Å². The van der Waals surface area contributed by atoms with Crippen LogP contribution in [0.2, 0.25) is 0 Å². The Balaban J connectivity index is 2.39. The minimum Gasteiger partial charge on any atom is -0.375 e. The molecule has 1 heterocycles. The van der Waals surface area contributed by atoms with Crippen molar-refractivity contribution in [2.75, 3.05) is 18.1 Å². The predicted octanol–water partition coefficient (Wildman–Crippen LogP) is 3.17. The number of nitrogens with zero attached hydrogens (tertiary/aromatic N) is 1. The number of nitrogens with two attached hydrogens (primary N) is 1. The van der Waals surface area contributed by atoms with Gasteiger partial charge in [-0.25, -0.2) is 0 Å². The molecule has 1 aromatic rings. The second-order valence-corrected chi connectivity index (χ2v) is 5.40. The lowest BCUT2D eigenvalue weighted by molar-refractivity contribution is -0.138. The first-order valence-corrected chi connectivity index (χ1v) is 7.15. The van der Waals surface area contributed by atoms with Gasteiger partial charge in [0, 0.05) is 18.8 Å². The highest BCUT2D eigenvalue weighted by Gasteiger charge is 2.34. The molecule has 21 heavy (non-hydrogen) atoms. The molecule has 1 aliphatic heterocycles. The van der Waals surface area contributed by atoms with Gasteiger partial charge in [0.2, 0.25) is 0 Å². The van der Waals surface area contributed by atoms with Gasteiger partial charge in [-0.2, -0.15) is 13.2 Å². The van der Waals surface area contributed by atoms with Crippen LogP contribution in [0.3, 0.4) is 0 Å². The molecule has 0 aromatic heterocycles. The van der Waals surface area contributed by atoms with E-state index in [0.717, 1.165) is 6.42 Å². The zero-order valence-corrected chi connectivity index (χ0v) is 12.3. The van der Waals surface area contributed by atoms with E-state index in [1.165, 1.54) is 12.1 Å². The Morgan fingerprint density at radius 2 is 2.10 bits per heavy atom. The summed E-state index contributed by atoms with van der Waals surface area (Å²) in [6.45, 7) is 4.95. The highest BCUT2D eigenvalue weighted by molar-refractivity contribution is 5.53. The summed E-state index contributed by atoms with van der Waals surface area (Å²) in [5, 5.41) is 0. The molecule has 1 aromatic carbocycles. The largest absolute Gasteiger partial charge is 0.416 e. The first kappa shape index (κ1) is 16.1. The van der Waals surface area contributed by atoms with E-state index in [1.54, 1.807) is 6.07 Å². The van der Waals surface area contributed by atoms with Crippen molar-refractivity contribution in [2.24, 2.45) is 5.73 Å². The number of hydrogen-bond donors (Lipinski definition) is 1. The van der Waals surface area contributed by atoms with E-state index < -0.39 is 11.7 Å². The van der Waals surface area contributed by atoms with E-state index in [9.17, 15) is 13.2 Å². The first-order valence-electron chi connectivity index (χ1n) is 7.15. The van der Waals surface area contributed by atoms with Crippen molar-refractivity contribution in [2.45, 2.75) is 45.1 Å². The zero-order valence-electron chi connectivity index (χ0n) is 12.3. The summed E-state index contributed by atoms with van der Waals surface area (Å²) >= 11 is 0. The lowest BCUT2D eigenvalue weighted by Crippen LogP contribution is -2.48. The molecule has 118 valence electrons. The van der Waals surface area contributed by atoms with Crippen LogP contribution < -0.4 is 10.6 Å². The number of morpholine rings is 1. The fourth-order valence-corrected chi connectivity index (χ4v) is 2.68. The maximum absolute atomic E-state index is 13.1. The van der Waals surface area contributed by atoms with Gasteiger partial charge in [-0.15, -0.1) is 0 Å². The maximum atomic E-state index is 13.1. The minimum atomic E-state index is -4.38. The highest BCUT2D eigenvalue weighted by Crippen LogP contribution is 2.35. The van der Waals surface area contributed by atoms with Crippen LogP contribution in [0.4, 0.5) is 18.9 Å². The monoisotopic (exact) mass is 302 g/mol. The lowest BCUT2D eigenvalue weighted by atomic mass is 10.0. The van der Waals surface area contributed by atoms with Crippen LogP contribution in [0.25, 0.3) is 0 Å². The number of hydrogen-bond acceptors (Lipinski definition) is 3. The van der Waals surface area contributed by atoms with Crippen LogP contribution >= 0.6 is 0 Å². The molecule has 2 rings (SSSR count). The van der Waals surface area contributed by atoms with Crippen molar-refractivity contribution in [1.82, 2.24) is 0 Å². The Morgan fingerprint density at radius 1 is 1.38 bits per heavy atom. The van der Waals surface area contributed by atoms with Crippen LogP contribution in [-0.4, -0.2) is 25.3 Å². The fourth-order valence-electron chi connectivity index (χ4n) is 2.68. The molecule has 2 atom stereocenters. The standard InChI is InChI=1S/C15H21F3N2O/c1-3-12-9-21-10(2)8-20(12)13-5-4-11(7-19)14(6-13)15(16,17)18/h4-6,10,12H,3,7-9,19H2,1-2H3. The average molecular weight is 302 g/mol. The average Bonchev–Trinajstić information content (AvgIpc) is 2.45. The topological polar surface area (TPSA) is 38.5 Å². The first-order chi connectivity index (χ1) is 9.86. The summed E-state index contributed by atoms with van der Waals surface area (Å²) in [7, 11) is 0. The van der Waals surface area contributed by atoms with Gasteiger partial charge in [-0.05, 0) is 31.0 Å². The Hall–Kier alpha value is -1.27. The quantitative estimate of drug-likeness (QED) is 0.932. The Morgan fingerprint density at radius 3 is 2.67 bits per heavy atom. The third kappa shape index (κ3) is 3.49. The van der Waals surface area contributed by atoms with E-state index in [0.29, 0.717) is 18.8 Å². The van der Waals surface area contributed by atoms with Crippen molar-refractivity contribution in [3.05, 3.63) is 29.3 Å². The third-order valence-corrected chi connectivity index (χ3v) is 3.89. The molecule has 6 heteroatoms. The van der Waals surface area contributed by atoms with Crippen LogP contribution in [0.1, 0.15) is 31.4 Å². The van der Waals surface area contributed by atoms with Gasteiger partial charge in [-0.1, -0.05) is 13.0 Å². The van der Waals surface area contributed by atoms with Crippen molar-refractivity contribution < 1.29 is 17.9 Å². The molecule has 2 N–H and O–H groups in total. The summed E-state index contributed by atoms with van der Waals surface area (Å²) in [4.78, 5) is 2.00. The third-order valence-electron chi connectivity index (χ3n) is 3.89. The molecule has 2 unspecified atom stereocenters. The van der Waals surface area contributed by atoms with Gasteiger partial charge in [-0.3, -0.25) is 0 Å². The van der Waals surface area contributed by atoms with Crippen LogP contribution in [0.5, 0.6) is 0 Å². The Bertz CT molecular complexity index is 490. The smallest absolute Gasteiger partial charge is 0.375 e. The second-order valence-electron chi connectivity index (χ2n) is 5.40. The molecule has 0 bridgehead atoms. The molecule has 3 nitrogen and oxygen atoms in total. The predicted molar refractivity (Wildman–Crippen MR) is 76.2 cm³/mol. The molecular weight excluding hydrogens is 281 g/mol. The maximum Gasteiger partial charge on any atom is 0.416 e. The summed E-state index contributed by atoms with van der Waals surface area (Å²) < 4.78 is 45.0. The second kappa shape index (κ2) is 6.23. The Kier molecular flexibility index (Phi) is 4.78. The molecular formula is C15H21F3N2O. The molecule has 0 amide bonds. The van der Waals surface area contributed by atoms with Crippen LogP contribution in [0.15, 0.2) is 18.2 Å². The number of halogens is 3. The Labute approximate surface area is 122 Å². The van der Waals surface area contributed by atoms with Gasteiger partial charge in [0.15, 0.2) is 0 Å². The number of anilines is 1. The van der Waals surface area contributed by atoms with Gasteiger partial charge in [0.1, 0.15) is 0 Å². The molecule has 1 fully saturated rings. The normalized spacial score (nSPS) is 23.4. The summed E-state index contributed by atoms with van der Waals surface area (Å²) in [6, 6.07) is 4.51. The van der Waals surface area contributed by atoms with E-state index in [4.69, 9.17) is 10.5 Å². The fraction of sp³-hybridized carbons (Fsp3) is 0.600. The van der Waals surface area contributed by atoms with Crippen molar-refractivity contribution in [3.63, 3.8) is 0 Å². The molecule has 0 saturated carbocycles. The van der Waals surface area contributed by atoms with E-state index in [-0.39, 0.29) is 24.3 Å². The summed E-state index contributed by atoms with van der Waals surface area (Å²) in [5.41, 5.74) is 5.49. The molecule has 0 spiro atoms. The summed E-state index contributed by atoms with van der Waals surface area (Å²) in [6.07, 6.45) is -3.55. The summed E-state index contributed by atoms with van der Waals surface area (Å²) in [5.74, 6) is 0. The van der Waals surface area contributed by atoms with E-state index in [1.807, 2.05) is 18.7 Å². The molecule has 0 aliphatic carbocycles. The van der Waals surface area contributed by atoms with Crippen LogP contribution in [-0.2, 0) is 17.5 Å². The number of rotatable bonds is 3. The van der Waals surface area contributed by atoms with Gasteiger partial charge in [0.05, 0.1) is 24.3 Å². The zero-order chi connectivity index (χ0) is 15.6. The molecule has 1 saturated heterocycles. The van der Waals surface area contributed by atoms with Crippen molar-refractivity contribution >= 4 is 5.69 Å².